The van der Waals surface area contributed by atoms with Gasteiger partial charge in [0.05, 0.1) is 5.51 Å². The Bertz CT molecular complexity index is 352. The molecule has 2 fully saturated rings. The van der Waals surface area contributed by atoms with Crippen LogP contribution in [0.5, 0.6) is 0 Å². The normalized spacial score (nSPS) is 23.1. The van der Waals surface area contributed by atoms with Gasteiger partial charge < -0.3 is 4.74 Å². The topological polar surface area (TPSA) is 39.2 Å². The summed E-state index contributed by atoms with van der Waals surface area (Å²) in [6.07, 6.45) is 4.55. The molecule has 0 atom stereocenters. The molecule has 0 unspecified atom stereocenters. The van der Waals surface area contributed by atoms with Crippen molar-refractivity contribution in [3.63, 3.8) is 0 Å². The molecule has 0 bridgehead atoms. The Morgan fingerprint density at radius 3 is 2.86 bits per heavy atom. The molecule has 0 spiro atoms. The number of rotatable bonds is 3. The van der Waals surface area contributed by atoms with Crippen LogP contribution in [0.2, 0.25) is 0 Å². The van der Waals surface area contributed by atoms with Gasteiger partial charge in [0.2, 0.25) is 0 Å². The van der Waals surface area contributed by atoms with E-state index in [1.165, 1.54) is 24.2 Å². The summed E-state index contributed by atoms with van der Waals surface area (Å²) in [5.41, 5.74) is 2.04. The maximum Gasteiger partial charge on any atom is 0.358 e. The van der Waals surface area contributed by atoms with E-state index in [2.05, 4.69) is 4.98 Å². The largest absolute Gasteiger partial charge is 0.454 e. The Balaban J connectivity index is 1.70. The Hall–Kier alpha value is -0.900. The van der Waals surface area contributed by atoms with Gasteiger partial charge in [-0.3, -0.25) is 0 Å². The van der Waals surface area contributed by atoms with E-state index in [-0.39, 0.29) is 11.6 Å². The predicted octanol–water partition coefficient (Wildman–Crippen LogP) is 2.24. The molecule has 1 heterocycles. The molecule has 2 saturated carbocycles. The lowest BCUT2D eigenvalue weighted by Crippen LogP contribution is -2.21. The first-order chi connectivity index (χ1) is 6.80. The first-order valence-electron chi connectivity index (χ1n) is 4.92. The van der Waals surface area contributed by atoms with Crippen LogP contribution in [0.3, 0.4) is 0 Å². The SMILES string of the molecule is O=C(OC1(C2CC2)CC1)c1cscn1. The van der Waals surface area contributed by atoms with Gasteiger partial charge in [0.15, 0.2) is 5.69 Å². The molecular formula is C10H11NO2S. The highest BCUT2D eigenvalue weighted by atomic mass is 32.1. The molecule has 0 saturated heterocycles. The van der Waals surface area contributed by atoms with E-state index < -0.39 is 0 Å². The molecule has 2 aliphatic carbocycles. The zero-order chi connectivity index (χ0) is 9.60. The summed E-state index contributed by atoms with van der Waals surface area (Å²) in [4.78, 5) is 15.6. The highest BCUT2D eigenvalue weighted by Gasteiger charge is 2.57. The Kier molecular flexibility index (Phi) is 1.68. The quantitative estimate of drug-likeness (QED) is 0.717. The molecule has 0 amide bonds. The summed E-state index contributed by atoms with van der Waals surface area (Å²) in [5.74, 6) is 0.403. The second-order valence-corrected chi connectivity index (χ2v) is 4.82. The standard InChI is InChI=1S/C10H11NO2S/c12-9(8-5-14-6-11-8)13-10(3-4-10)7-1-2-7/h5-7H,1-4H2. The summed E-state index contributed by atoms with van der Waals surface area (Å²) in [6.45, 7) is 0. The van der Waals surface area contributed by atoms with Gasteiger partial charge in [-0.15, -0.1) is 11.3 Å². The van der Waals surface area contributed by atoms with Gasteiger partial charge in [0.25, 0.3) is 0 Å². The van der Waals surface area contributed by atoms with Crippen molar-refractivity contribution in [2.75, 3.05) is 0 Å². The van der Waals surface area contributed by atoms with Crippen LogP contribution in [-0.2, 0) is 4.74 Å². The van der Waals surface area contributed by atoms with Crippen LogP contribution in [0.15, 0.2) is 10.9 Å². The summed E-state index contributed by atoms with van der Waals surface area (Å²) < 4.78 is 5.52. The van der Waals surface area contributed by atoms with Crippen molar-refractivity contribution in [1.82, 2.24) is 4.98 Å². The van der Waals surface area contributed by atoms with Crippen LogP contribution >= 0.6 is 11.3 Å². The third-order valence-electron chi connectivity index (χ3n) is 3.00. The lowest BCUT2D eigenvalue weighted by Gasteiger charge is -2.14. The zero-order valence-electron chi connectivity index (χ0n) is 7.73. The van der Waals surface area contributed by atoms with Crippen LogP contribution in [0, 0.1) is 5.92 Å². The van der Waals surface area contributed by atoms with E-state index >= 15 is 0 Å². The highest BCUT2D eigenvalue weighted by Crippen LogP contribution is 2.56. The van der Waals surface area contributed by atoms with Gasteiger partial charge in [-0.25, -0.2) is 9.78 Å². The Labute approximate surface area is 86.1 Å². The van der Waals surface area contributed by atoms with Crippen molar-refractivity contribution in [2.24, 2.45) is 5.92 Å². The molecule has 74 valence electrons. The number of ether oxygens (including phenoxy) is 1. The van der Waals surface area contributed by atoms with Crippen molar-refractivity contribution in [3.8, 4) is 0 Å². The third kappa shape index (κ3) is 1.34. The van der Waals surface area contributed by atoms with Crippen LogP contribution in [0.25, 0.3) is 0 Å². The fraction of sp³-hybridized carbons (Fsp3) is 0.600. The molecule has 3 nitrogen and oxygen atoms in total. The second kappa shape index (κ2) is 2.79. The maximum absolute atomic E-state index is 11.6. The van der Waals surface area contributed by atoms with Gasteiger partial charge in [0, 0.05) is 5.38 Å². The minimum atomic E-state index is -0.240. The van der Waals surface area contributed by atoms with Crippen LogP contribution in [0.4, 0.5) is 0 Å². The van der Waals surface area contributed by atoms with Crippen molar-refractivity contribution >= 4 is 17.3 Å². The molecule has 0 aliphatic heterocycles. The summed E-state index contributed by atoms with van der Waals surface area (Å²) in [5, 5.41) is 1.74. The van der Waals surface area contributed by atoms with E-state index in [0.29, 0.717) is 11.6 Å². The lowest BCUT2D eigenvalue weighted by molar-refractivity contribution is 0.0154. The van der Waals surface area contributed by atoms with Crippen molar-refractivity contribution in [2.45, 2.75) is 31.3 Å². The van der Waals surface area contributed by atoms with Crippen molar-refractivity contribution in [3.05, 3.63) is 16.6 Å². The minimum absolute atomic E-state index is 0.0826. The average Bonchev–Trinajstić information content (AvgIpc) is 3.07. The maximum atomic E-state index is 11.6. The van der Waals surface area contributed by atoms with Crippen molar-refractivity contribution in [1.29, 1.82) is 0 Å². The van der Waals surface area contributed by atoms with Gasteiger partial charge in [-0.05, 0) is 31.6 Å². The van der Waals surface area contributed by atoms with Crippen LogP contribution in [0.1, 0.15) is 36.2 Å². The molecule has 1 aromatic heterocycles. The number of thiazole rings is 1. The molecule has 4 heteroatoms. The minimum Gasteiger partial charge on any atom is -0.454 e. The first-order valence-corrected chi connectivity index (χ1v) is 5.86. The first kappa shape index (κ1) is 8.41. The van der Waals surface area contributed by atoms with E-state index in [0.717, 1.165) is 12.8 Å². The fourth-order valence-electron chi connectivity index (χ4n) is 1.88. The number of hydrogen-bond donors (Lipinski definition) is 0. The number of carbonyl (C=O) groups is 1. The van der Waals surface area contributed by atoms with Crippen LogP contribution in [-0.4, -0.2) is 16.6 Å². The predicted molar refractivity (Wildman–Crippen MR) is 52.2 cm³/mol. The van der Waals surface area contributed by atoms with Gasteiger partial charge in [-0.2, -0.15) is 0 Å². The molecule has 0 N–H and O–H groups in total. The van der Waals surface area contributed by atoms with E-state index in [9.17, 15) is 4.79 Å². The number of carbonyl (C=O) groups excluding carboxylic acids is 1. The number of aromatic nitrogens is 1. The Morgan fingerprint density at radius 2 is 2.36 bits per heavy atom. The number of nitrogens with zero attached hydrogens (tertiary/aromatic N) is 1. The number of esters is 1. The average molecular weight is 209 g/mol. The van der Waals surface area contributed by atoms with Gasteiger partial charge in [-0.1, -0.05) is 0 Å². The zero-order valence-corrected chi connectivity index (χ0v) is 8.55. The molecule has 3 rings (SSSR count). The van der Waals surface area contributed by atoms with Crippen molar-refractivity contribution < 1.29 is 9.53 Å². The summed E-state index contributed by atoms with van der Waals surface area (Å²) in [6, 6.07) is 0. The second-order valence-electron chi connectivity index (χ2n) is 4.10. The van der Waals surface area contributed by atoms with E-state index in [4.69, 9.17) is 4.74 Å². The van der Waals surface area contributed by atoms with E-state index in [1.807, 2.05) is 0 Å². The monoisotopic (exact) mass is 209 g/mol. The highest BCUT2D eigenvalue weighted by molar-refractivity contribution is 7.07. The molecular weight excluding hydrogens is 198 g/mol. The molecule has 2 aliphatic rings. The molecule has 14 heavy (non-hydrogen) atoms. The Morgan fingerprint density at radius 1 is 1.57 bits per heavy atom. The van der Waals surface area contributed by atoms with Crippen LogP contribution < -0.4 is 0 Å². The van der Waals surface area contributed by atoms with Gasteiger partial charge >= 0.3 is 5.97 Å². The fourth-order valence-corrected chi connectivity index (χ4v) is 2.40. The number of hydrogen-bond acceptors (Lipinski definition) is 4. The van der Waals surface area contributed by atoms with Gasteiger partial charge in [0.1, 0.15) is 5.60 Å². The third-order valence-corrected chi connectivity index (χ3v) is 3.59. The van der Waals surface area contributed by atoms with E-state index in [1.54, 1.807) is 10.9 Å². The molecule has 0 aromatic carbocycles. The molecule has 1 aromatic rings. The summed E-state index contributed by atoms with van der Waals surface area (Å²) >= 11 is 1.43. The lowest BCUT2D eigenvalue weighted by atomic mass is 10.2. The molecule has 0 radical (unpaired) electrons. The smallest absolute Gasteiger partial charge is 0.358 e. The summed E-state index contributed by atoms with van der Waals surface area (Å²) in [7, 11) is 0.